The largest absolute Gasteiger partial charge is 0.335 e. The summed E-state index contributed by atoms with van der Waals surface area (Å²) in [6.45, 7) is 6.91. The van der Waals surface area contributed by atoms with Crippen LogP contribution in [0.2, 0.25) is 0 Å². The highest BCUT2D eigenvalue weighted by Gasteiger charge is 2.17. The summed E-state index contributed by atoms with van der Waals surface area (Å²) in [7, 11) is 0. The predicted octanol–water partition coefficient (Wildman–Crippen LogP) is 1.20. The molecule has 0 saturated heterocycles. The van der Waals surface area contributed by atoms with E-state index in [0.717, 1.165) is 5.69 Å². The lowest BCUT2D eigenvalue weighted by Gasteiger charge is -2.26. The van der Waals surface area contributed by atoms with Gasteiger partial charge >= 0.3 is 0 Å². The van der Waals surface area contributed by atoms with E-state index in [1.165, 1.54) is 0 Å². The predicted molar refractivity (Wildman–Crippen MR) is 64.2 cm³/mol. The Bertz CT molecular complexity index is 363. The van der Waals surface area contributed by atoms with E-state index in [4.69, 9.17) is 5.73 Å². The first kappa shape index (κ1) is 12.6. The second kappa shape index (κ2) is 5.61. The molecule has 0 aliphatic carbocycles. The lowest BCUT2D eigenvalue weighted by molar-refractivity contribution is 0.0711. The van der Waals surface area contributed by atoms with Crippen LogP contribution in [0.4, 0.5) is 0 Å². The summed E-state index contributed by atoms with van der Waals surface area (Å²) < 4.78 is 0. The SMILES string of the molecule is Cc1cc(C(=O)N(CCN)C(C)C)ccn1. The van der Waals surface area contributed by atoms with Crippen molar-refractivity contribution in [2.24, 2.45) is 5.73 Å². The molecule has 1 rings (SSSR count). The maximum Gasteiger partial charge on any atom is 0.254 e. The monoisotopic (exact) mass is 221 g/mol. The molecule has 0 saturated carbocycles. The van der Waals surface area contributed by atoms with Crippen LogP contribution in [0, 0.1) is 6.92 Å². The van der Waals surface area contributed by atoms with Crippen molar-refractivity contribution >= 4 is 5.91 Å². The fourth-order valence-electron chi connectivity index (χ4n) is 1.58. The Morgan fingerprint density at radius 1 is 1.56 bits per heavy atom. The molecule has 0 radical (unpaired) electrons. The van der Waals surface area contributed by atoms with Crippen molar-refractivity contribution in [3.05, 3.63) is 29.6 Å². The van der Waals surface area contributed by atoms with Crippen molar-refractivity contribution in [2.45, 2.75) is 26.8 Å². The number of pyridine rings is 1. The number of hydrogen-bond acceptors (Lipinski definition) is 3. The molecule has 16 heavy (non-hydrogen) atoms. The summed E-state index contributed by atoms with van der Waals surface area (Å²) in [6, 6.07) is 3.69. The van der Waals surface area contributed by atoms with Crippen LogP contribution >= 0.6 is 0 Å². The average Bonchev–Trinajstić information content (AvgIpc) is 2.24. The van der Waals surface area contributed by atoms with E-state index < -0.39 is 0 Å². The zero-order valence-corrected chi connectivity index (χ0v) is 10.1. The molecule has 0 unspecified atom stereocenters. The molecule has 1 aromatic rings. The molecule has 0 spiro atoms. The summed E-state index contributed by atoms with van der Waals surface area (Å²) in [5.74, 6) is 0.0194. The normalized spacial score (nSPS) is 10.6. The molecule has 1 amide bonds. The molecule has 4 heteroatoms. The number of nitrogens with two attached hydrogens (primary N) is 1. The number of nitrogens with zero attached hydrogens (tertiary/aromatic N) is 2. The number of carbonyl (C=O) groups excluding carboxylic acids is 1. The van der Waals surface area contributed by atoms with Crippen LogP contribution in [-0.2, 0) is 0 Å². The van der Waals surface area contributed by atoms with E-state index in [9.17, 15) is 4.79 Å². The van der Waals surface area contributed by atoms with Gasteiger partial charge in [-0.15, -0.1) is 0 Å². The maximum absolute atomic E-state index is 12.2. The van der Waals surface area contributed by atoms with Gasteiger partial charge in [-0.1, -0.05) is 0 Å². The molecule has 1 heterocycles. The minimum atomic E-state index is 0.0194. The van der Waals surface area contributed by atoms with Crippen molar-refractivity contribution in [1.82, 2.24) is 9.88 Å². The highest BCUT2D eigenvalue weighted by atomic mass is 16.2. The van der Waals surface area contributed by atoms with Crippen LogP contribution in [0.1, 0.15) is 29.9 Å². The van der Waals surface area contributed by atoms with E-state index in [1.54, 1.807) is 23.2 Å². The van der Waals surface area contributed by atoms with Crippen LogP contribution < -0.4 is 5.73 Å². The highest BCUT2D eigenvalue weighted by molar-refractivity contribution is 5.94. The Hall–Kier alpha value is -1.42. The molecule has 1 aromatic heterocycles. The van der Waals surface area contributed by atoms with E-state index in [-0.39, 0.29) is 11.9 Å². The first-order valence-corrected chi connectivity index (χ1v) is 5.50. The van der Waals surface area contributed by atoms with Crippen molar-refractivity contribution in [1.29, 1.82) is 0 Å². The van der Waals surface area contributed by atoms with Gasteiger partial charge in [0.15, 0.2) is 0 Å². The Morgan fingerprint density at radius 3 is 2.75 bits per heavy atom. The minimum Gasteiger partial charge on any atom is -0.335 e. The first-order chi connectivity index (χ1) is 7.56. The Labute approximate surface area is 96.5 Å². The van der Waals surface area contributed by atoms with Gasteiger partial charge < -0.3 is 10.6 Å². The molecule has 0 aromatic carbocycles. The number of rotatable bonds is 4. The number of hydrogen-bond donors (Lipinski definition) is 1. The lowest BCUT2D eigenvalue weighted by Crippen LogP contribution is -2.40. The third kappa shape index (κ3) is 3.03. The average molecular weight is 221 g/mol. The van der Waals surface area contributed by atoms with E-state index >= 15 is 0 Å². The van der Waals surface area contributed by atoms with Crippen LogP contribution in [0.5, 0.6) is 0 Å². The van der Waals surface area contributed by atoms with Gasteiger partial charge in [-0.2, -0.15) is 0 Å². The van der Waals surface area contributed by atoms with Gasteiger partial charge in [-0.3, -0.25) is 9.78 Å². The van der Waals surface area contributed by atoms with Gasteiger partial charge in [-0.25, -0.2) is 0 Å². The van der Waals surface area contributed by atoms with Gasteiger partial charge in [0.05, 0.1) is 0 Å². The molecule has 0 bridgehead atoms. The smallest absolute Gasteiger partial charge is 0.254 e. The molecular formula is C12H19N3O. The molecule has 88 valence electrons. The van der Waals surface area contributed by atoms with E-state index in [1.807, 2.05) is 20.8 Å². The van der Waals surface area contributed by atoms with Crippen molar-refractivity contribution in [2.75, 3.05) is 13.1 Å². The number of aromatic nitrogens is 1. The molecule has 0 aliphatic heterocycles. The first-order valence-electron chi connectivity index (χ1n) is 5.50. The number of amides is 1. The van der Waals surface area contributed by atoms with E-state index in [0.29, 0.717) is 18.7 Å². The lowest BCUT2D eigenvalue weighted by atomic mass is 10.2. The van der Waals surface area contributed by atoms with Gasteiger partial charge in [0.25, 0.3) is 5.91 Å². The van der Waals surface area contributed by atoms with Crippen LogP contribution in [-0.4, -0.2) is 34.9 Å². The zero-order valence-electron chi connectivity index (χ0n) is 10.1. The van der Waals surface area contributed by atoms with Gasteiger partial charge in [0.1, 0.15) is 0 Å². The van der Waals surface area contributed by atoms with Gasteiger partial charge in [-0.05, 0) is 32.9 Å². The van der Waals surface area contributed by atoms with Gasteiger partial charge in [0, 0.05) is 36.6 Å². The van der Waals surface area contributed by atoms with Gasteiger partial charge in [0.2, 0.25) is 0 Å². The number of aryl methyl sites for hydroxylation is 1. The molecule has 2 N–H and O–H groups in total. The molecule has 0 fully saturated rings. The molecule has 0 aliphatic rings. The topological polar surface area (TPSA) is 59.2 Å². The third-order valence-corrected chi connectivity index (χ3v) is 2.40. The fourth-order valence-corrected chi connectivity index (χ4v) is 1.58. The highest BCUT2D eigenvalue weighted by Crippen LogP contribution is 2.08. The second-order valence-electron chi connectivity index (χ2n) is 4.07. The second-order valence-corrected chi connectivity index (χ2v) is 4.07. The Morgan fingerprint density at radius 2 is 2.25 bits per heavy atom. The van der Waals surface area contributed by atoms with Crippen LogP contribution in [0.3, 0.4) is 0 Å². The zero-order chi connectivity index (χ0) is 12.1. The standard InChI is InChI=1S/C12H19N3O/c1-9(2)15(7-5-13)12(16)11-4-6-14-10(3)8-11/h4,6,8-9H,5,7,13H2,1-3H3. The Balaban J connectivity index is 2.90. The van der Waals surface area contributed by atoms with Crippen molar-refractivity contribution < 1.29 is 4.79 Å². The van der Waals surface area contributed by atoms with Crippen LogP contribution in [0.15, 0.2) is 18.3 Å². The number of carbonyl (C=O) groups is 1. The fraction of sp³-hybridized carbons (Fsp3) is 0.500. The maximum atomic E-state index is 12.2. The van der Waals surface area contributed by atoms with E-state index in [2.05, 4.69) is 4.98 Å². The van der Waals surface area contributed by atoms with Crippen molar-refractivity contribution in [3.8, 4) is 0 Å². The quantitative estimate of drug-likeness (QED) is 0.831. The Kier molecular flexibility index (Phi) is 4.43. The summed E-state index contributed by atoms with van der Waals surface area (Å²) in [6.07, 6.45) is 1.66. The molecular weight excluding hydrogens is 202 g/mol. The molecule has 0 atom stereocenters. The van der Waals surface area contributed by atoms with Crippen LogP contribution in [0.25, 0.3) is 0 Å². The molecule has 4 nitrogen and oxygen atoms in total. The minimum absolute atomic E-state index is 0.0194. The summed E-state index contributed by atoms with van der Waals surface area (Å²) in [4.78, 5) is 18.0. The van der Waals surface area contributed by atoms with Crippen molar-refractivity contribution in [3.63, 3.8) is 0 Å². The summed E-state index contributed by atoms with van der Waals surface area (Å²) in [5, 5.41) is 0. The summed E-state index contributed by atoms with van der Waals surface area (Å²) in [5.41, 5.74) is 7.03. The third-order valence-electron chi connectivity index (χ3n) is 2.40. The summed E-state index contributed by atoms with van der Waals surface area (Å²) >= 11 is 0.